The van der Waals surface area contributed by atoms with Gasteiger partial charge in [0.15, 0.2) is 5.82 Å². The minimum absolute atomic E-state index is 0.0287. The van der Waals surface area contributed by atoms with Crippen LogP contribution in [0.25, 0.3) is 10.8 Å². The van der Waals surface area contributed by atoms with E-state index >= 15 is 0 Å². The number of ether oxygens (including phenoxy) is 1. The van der Waals surface area contributed by atoms with E-state index in [1.807, 2.05) is 22.4 Å². The van der Waals surface area contributed by atoms with E-state index in [9.17, 15) is 4.79 Å². The third-order valence-corrected chi connectivity index (χ3v) is 4.92. The fraction of sp³-hybridized carbons (Fsp3) is 0.471. The molecule has 0 spiro atoms. The highest BCUT2D eigenvalue weighted by atomic mass is 32.1. The van der Waals surface area contributed by atoms with Gasteiger partial charge >= 0.3 is 0 Å². The average molecular weight is 362 g/mol. The summed E-state index contributed by atoms with van der Waals surface area (Å²) in [6.07, 6.45) is 1.21. The molecule has 1 atom stereocenters. The van der Waals surface area contributed by atoms with Gasteiger partial charge in [-0.1, -0.05) is 17.3 Å². The zero-order chi connectivity index (χ0) is 17.6. The molecule has 8 heteroatoms. The quantitative estimate of drug-likeness (QED) is 0.702. The first-order chi connectivity index (χ1) is 12.2. The summed E-state index contributed by atoms with van der Waals surface area (Å²) in [6, 6.07) is 3.92. The molecule has 2 aromatic rings. The summed E-state index contributed by atoms with van der Waals surface area (Å²) in [5.41, 5.74) is 0. The molecule has 0 aromatic carbocycles. The Balaban J connectivity index is 1.48. The molecule has 134 valence electrons. The molecule has 1 aliphatic heterocycles. The smallest absolute Gasteiger partial charge is 0.268 e. The topological polar surface area (TPSA) is 71.7 Å². The minimum atomic E-state index is -0.435. The van der Waals surface area contributed by atoms with E-state index in [0.717, 1.165) is 18.0 Å². The molecule has 3 heterocycles. The van der Waals surface area contributed by atoms with Crippen LogP contribution < -0.4 is 0 Å². The standard InChI is InChI=1S/C17H22N4O3S/c1-3-10-23-13(2)17(22)21-8-6-20(7-9-21)12-15-18-16(24-19-15)14-5-4-11-25-14/h3-5,11,13H,1,6-10,12H2,2H3. The van der Waals surface area contributed by atoms with Gasteiger partial charge in [0.1, 0.15) is 6.10 Å². The molecule has 1 aliphatic rings. The molecule has 0 saturated carbocycles. The van der Waals surface area contributed by atoms with Gasteiger partial charge in [0, 0.05) is 26.2 Å². The summed E-state index contributed by atoms with van der Waals surface area (Å²) >= 11 is 1.58. The van der Waals surface area contributed by atoms with Crippen LogP contribution in [0.1, 0.15) is 12.7 Å². The lowest BCUT2D eigenvalue weighted by Crippen LogP contribution is -2.51. The monoisotopic (exact) mass is 362 g/mol. The van der Waals surface area contributed by atoms with Crippen molar-refractivity contribution in [2.45, 2.75) is 19.6 Å². The minimum Gasteiger partial charge on any atom is -0.365 e. The first kappa shape index (κ1) is 17.8. The molecule has 2 aromatic heterocycles. The van der Waals surface area contributed by atoms with Gasteiger partial charge in [0.25, 0.3) is 11.8 Å². The number of rotatable bonds is 7. The average Bonchev–Trinajstić information content (AvgIpc) is 3.31. The predicted octanol–water partition coefficient (Wildman–Crippen LogP) is 2.03. The molecule has 1 amide bonds. The second-order valence-electron chi connectivity index (χ2n) is 5.86. The van der Waals surface area contributed by atoms with Gasteiger partial charge in [-0.15, -0.1) is 17.9 Å². The van der Waals surface area contributed by atoms with Crippen molar-refractivity contribution in [2.24, 2.45) is 0 Å². The Morgan fingerprint density at radius 1 is 1.48 bits per heavy atom. The number of carbonyl (C=O) groups excluding carboxylic acids is 1. The predicted molar refractivity (Wildman–Crippen MR) is 95.1 cm³/mol. The number of hydrogen-bond acceptors (Lipinski definition) is 7. The lowest BCUT2D eigenvalue weighted by atomic mass is 10.2. The highest BCUT2D eigenvalue weighted by molar-refractivity contribution is 7.13. The van der Waals surface area contributed by atoms with E-state index in [1.165, 1.54) is 0 Å². The first-order valence-corrected chi connectivity index (χ1v) is 9.15. The first-order valence-electron chi connectivity index (χ1n) is 8.27. The zero-order valence-electron chi connectivity index (χ0n) is 14.3. The van der Waals surface area contributed by atoms with E-state index in [1.54, 1.807) is 24.3 Å². The van der Waals surface area contributed by atoms with Crippen LogP contribution in [0.4, 0.5) is 0 Å². The molecule has 0 radical (unpaired) electrons. The summed E-state index contributed by atoms with van der Waals surface area (Å²) in [5, 5.41) is 6.03. The van der Waals surface area contributed by atoms with E-state index in [0.29, 0.717) is 38.0 Å². The van der Waals surface area contributed by atoms with Gasteiger partial charge in [0.05, 0.1) is 18.0 Å². The second kappa shape index (κ2) is 8.37. The van der Waals surface area contributed by atoms with Crippen molar-refractivity contribution in [3.05, 3.63) is 36.0 Å². The van der Waals surface area contributed by atoms with Crippen molar-refractivity contribution in [1.82, 2.24) is 19.9 Å². The summed E-state index contributed by atoms with van der Waals surface area (Å²) in [6.45, 7) is 9.30. The lowest BCUT2D eigenvalue weighted by molar-refractivity contribution is -0.143. The fourth-order valence-electron chi connectivity index (χ4n) is 2.69. The summed E-state index contributed by atoms with van der Waals surface area (Å²) in [7, 11) is 0. The largest absolute Gasteiger partial charge is 0.365 e. The van der Waals surface area contributed by atoms with Crippen LogP contribution in [0, 0.1) is 0 Å². The Labute approximate surface area is 150 Å². The Kier molecular flexibility index (Phi) is 5.95. The number of piperazine rings is 1. The normalized spacial score (nSPS) is 16.8. The van der Waals surface area contributed by atoms with Gasteiger partial charge < -0.3 is 14.2 Å². The van der Waals surface area contributed by atoms with E-state index in [2.05, 4.69) is 21.6 Å². The van der Waals surface area contributed by atoms with Crippen LogP contribution in [-0.4, -0.2) is 64.7 Å². The number of amides is 1. The van der Waals surface area contributed by atoms with Crippen LogP contribution in [0.5, 0.6) is 0 Å². The van der Waals surface area contributed by atoms with Crippen molar-refractivity contribution in [1.29, 1.82) is 0 Å². The van der Waals surface area contributed by atoms with E-state index in [4.69, 9.17) is 9.26 Å². The van der Waals surface area contributed by atoms with Crippen LogP contribution in [0.15, 0.2) is 34.7 Å². The van der Waals surface area contributed by atoms with Gasteiger partial charge in [-0.05, 0) is 18.4 Å². The molecule has 7 nitrogen and oxygen atoms in total. The maximum Gasteiger partial charge on any atom is 0.268 e. The number of carbonyl (C=O) groups is 1. The van der Waals surface area contributed by atoms with Crippen LogP contribution in [0.2, 0.25) is 0 Å². The van der Waals surface area contributed by atoms with Gasteiger partial charge in [-0.25, -0.2) is 0 Å². The van der Waals surface area contributed by atoms with Crippen molar-refractivity contribution >= 4 is 17.2 Å². The van der Waals surface area contributed by atoms with Gasteiger partial charge in [0.2, 0.25) is 0 Å². The van der Waals surface area contributed by atoms with Crippen LogP contribution >= 0.6 is 11.3 Å². The second-order valence-corrected chi connectivity index (χ2v) is 6.81. The van der Waals surface area contributed by atoms with E-state index in [-0.39, 0.29) is 5.91 Å². The van der Waals surface area contributed by atoms with Crippen molar-refractivity contribution in [3.63, 3.8) is 0 Å². The molecule has 1 saturated heterocycles. The molecule has 25 heavy (non-hydrogen) atoms. The summed E-state index contributed by atoms with van der Waals surface area (Å²) < 4.78 is 10.7. The van der Waals surface area contributed by atoms with Crippen molar-refractivity contribution < 1.29 is 14.1 Å². The Morgan fingerprint density at radius 2 is 2.28 bits per heavy atom. The third kappa shape index (κ3) is 4.53. The van der Waals surface area contributed by atoms with E-state index < -0.39 is 6.10 Å². The summed E-state index contributed by atoms with van der Waals surface area (Å²) in [5.74, 6) is 1.26. The number of hydrogen-bond donors (Lipinski definition) is 0. The SMILES string of the molecule is C=CCOC(C)C(=O)N1CCN(Cc2noc(-c3cccs3)n2)CC1. The highest BCUT2D eigenvalue weighted by Crippen LogP contribution is 2.22. The molecule has 0 aliphatic carbocycles. The molecular weight excluding hydrogens is 340 g/mol. The zero-order valence-corrected chi connectivity index (χ0v) is 15.1. The van der Waals surface area contributed by atoms with Gasteiger partial charge in [-0.2, -0.15) is 4.98 Å². The van der Waals surface area contributed by atoms with Crippen LogP contribution in [0.3, 0.4) is 0 Å². The third-order valence-electron chi connectivity index (χ3n) is 4.06. The fourth-order valence-corrected chi connectivity index (χ4v) is 3.33. The molecular formula is C17H22N4O3S. The van der Waals surface area contributed by atoms with Crippen LogP contribution in [-0.2, 0) is 16.1 Å². The number of nitrogens with zero attached hydrogens (tertiary/aromatic N) is 4. The van der Waals surface area contributed by atoms with Crippen molar-refractivity contribution in [2.75, 3.05) is 32.8 Å². The molecule has 0 N–H and O–H groups in total. The van der Waals surface area contributed by atoms with Crippen molar-refractivity contribution in [3.8, 4) is 10.8 Å². The molecule has 1 unspecified atom stereocenters. The Bertz CT molecular complexity index is 693. The summed E-state index contributed by atoms with van der Waals surface area (Å²) in [4.78, 5) is 21.8. The maximum atomic E-state index is 12.3. The van der Waals surface area contributed by atoms with Gasteiger partial charge in [-0.3, -0.25) is 9.69 Å². The number of thiophene rings is 1. The Morgan fingerprint density at radius 3 is 2.96 bits per heavy atom. The molecule has 0 bridgehead atoms. The number of aromatic nitrogens is 2. The molecule has 3 rings (SSSR count). The maximum absolute atomic E-state index is 12.3. The lowest BCUT2D eigenvalue weighted by Gasteiger charge is -2.35. The Hall–Kier alpha value is -2.03. The molecule has 1 fully saturated rings. The highest BCUT2D eigenvalue weighted by Gasteiger charge is 2.26.